The fourth-order valence-electron chi connectivity index (χ4n) is 10.1. The van der Waals surface area contributed by atoms with Crippen molar-refractivity contribution < 1.29 is 4.42 Å². The van der Waals surface area contributed by atoms with Crippen molar-refractivity contribution in [2.45, 2.75) is 27.7 Å². The number of fused-ring (bicyclic) bond motifs is 13. The Morgan fingerprint density at radius 1 is 0.438 bits per heavy atom. The van der Waals surface area contributed by atoms with Gasteiger partial charge >= 0.3 is 0 Å². The first-order chi connectivity index (χ1) is 31.3. The molecule has 5 heterocycles. The van der Waals surface area contributed by atoms with Crippen LogP contribution in [0.15, 0.2) is 156 Å². The summed E-state index contributed by atoms with van der Waals surface area (Å²) in [4.78, 5) is 20.4. The molecule has 0 fully saturated rings. The van der Waals surface area contributed by atoms with Crippen LogP contribution in [0, 0.1) is 34.3 Å². The highest BCUT2D eigenvalue weighted by atomic mass is 16.3. The highest BCUT2D eigenvalue weighted by Gasteiger charge is 2.25. The van der Waals surface area contributed by atoms with Crippen LogP contribution >= 0.6 is 0 Å². The molecule has 0 N–H and O–H groups in total. The Bertz CT molecular complexity index is 3950. The van der Waals surface area contributed by atoms with Crippen LogP contribution in [0.4, 0.5) is 5.69 Å². The first-order valence-corrected chi connectivity index (χ1v) is 21.5. The second-order valence-corrected chi connectivity index (χ2v) is 17.1. The van der Waals surface area contributed by atoms with Gasteiger partial charge in [0.25, 0.3) is 0 Å². The van der Waals surface area contributed by atoms with E-state index in [1.807, 2.05) is 36.4 Å². The molecule has 302 valence electrons. The number of rotatable bonds is 4. The van der Waals surface area contributed by atoms with Crippen LogP contribution in [0.2, 0.25) is 0 Å². The number of para-hydroxylation sites is 2. The maximum absolute atomic E-state index is 8.26. The molecule has 0 saturated heterocycles. The van der Waals surface area contributed by atoms with Gasteiger partial charge in [0.2, 0.25) is 11.9 Å². The maximum atomic E-state index is 8.26. The summed E-state index contributed by atoms with van der Waals surface area (Å²) in [6, 6.07) is 53.0. The van der Waals surface area contributed by atoms with Crippen molar-refractivity contribution in [2.75, 3.05) is 0 Å². The first-order valence-electron chi connectivity index (χ1n) is 21.5. The molecule has 5 aromatic heterocycles. The van der Waals surface area contributed by atoms with E-state index in [9.17, 15) is 0 Å². The molecule has 0 radical (unpaired) electrons. The summed E-state index contributed by atoms with van der Waals surface area (Å²) in [6.45, 7) is 16.8. The molecule has 0 saturated carbocycles. The van der Waals surface area contributed by atoms with Crippen LogP contribution in [0.5, 0.6) is 0 Å². The molecule has 8 heteroatoms. The number of hydrogen-bond donors (Lipinski definition) is 0. The van der Waals surface area contributed by atoms with Gasteiger partial charge in [-0.3, -0.25) is 9.13 Å². The SMILES string of the molecule is [C-]#[N+]c1ccc(-n2c3ccccc3c3ccc4c5ccccc5oc4c32)c(-c2nc(-n3c4ccc(C)cc4c4cc(C)ccc43)nc(-n3c4ccc(C)cc4c4cc(C)ccc43)n2)c1. The Balaban J connectivity index is 1.18. The van der Waals surface area contributed by atoms with Crippen molar-refractivity contribution in [1.82, 2.24) is 28.7 Å². The minimum absolute atomic E-state index is 0.437. The normalized spacial score (nSPS) is 12.0. The van der Waals surface area contributed by atoms with Gasteiger partial charge in [-0.2, -0.15) is 15.0 Å². The number of aryl methyl sites for hydroxylation is 4. The molecular formula is C56H37N7O. The van der Waals surface area contributed by atoms with Gasteiger partial charge in [0.15, 0.2) is 17.1 Å². The molecule has 8 nitrogen and oxygen atoms in total. The minimum Gasteiger partial charge on any atom is -0.454 e. The van der Waals surface area contributed by atoms with E-state index in [2.05, 4.69) is 162 Å². The molecule has 0 atom stereocenters. The van der Waals surface area contributed by atoms with Gasteiger partial charge < -0.3 is 8.98 Å². The lowest BCUT2D eigenvalue weighted by molar-refractivity contribution is 0.671. The van der Waals surface area contributed by atoms with Crippen LogP contribution in [0.25, 0.3) is 121 Å². The molecule has 0 spiro atoms. The fraction of sp³-hybridized carbons (Fsp3) is 0.0714. The Hall–Kier alpha value is -8.54. The van der Waals surface area contributed by atoms with Crippen molar-refractivity contribution >= 4 is 93.0 Å². The summed E-state index contributed by atoms with van der Waals surface area (Å²) in [5.41, 5.74) is 14.2. The summed E-state index contributed by atoms with van der Waals surface area (Å²) in [7, 11) is 0. The molecule has 13 aromatic rings. The van der Waals surface area contributed by atoms with Crippen LogP contribution in [0.1, 0.15) is 22.3 Å². The Labute approximate surface area is 366 Å². The van der Waals surface area contributed by atoms with E-state index < -0.39 is 0 Å². The van der Waals surface area contributed by atoms with Gasteiger partial charge in [-0.1, -0.05) is 95.1 Å². The highest BCUT2D eigenvalue weighted by molar-refractivity contribution is 6.22. The quantitative estimate of drug-likeness (QED) is 0.166. The van der Waals surface area contributed by atoms with Crippen molar-refractivity contribution in [2.24, 2.45) is 0 Å². The Kier molecular flexibility index (Phi) is 7.47. The molecule has 0 aliphatic carbocycles. The standard InChI is InChI=1S/C56H37N7O/c1-31-14-21-46-40(26-31)41-27-32(2)15-22-47(41)62(46)55-58-54(59-56(60-55)63-48-23-16-33(3)28-42(48)43-29-34(4)17-24-49(43)63)44-30-35(57-5)18-25-50(44)61-45-12-8-6-10-36(45)38-19-20-39-37-11-7-9-13-51(37)64-53(39)52(38)61/h6-30H,1-4H3. The zero-order valence-corrected chi connectivity index (χ0v) is 35.5. The number of hydrogen-bond acceptors (Lipinski definition) is 4. The summed E-state index contributed by atoms with van der Waals surface area (Å²) in [6.07, 6.45) is 0. The number of aromatic nitrogens is 6. The van der Waals surface area contributed by atoms with Gasteiger partial charge in [0.05, 0.1) is 45.4 Å². The minimum atomic E-state index is 0.437. The van der Waals surface area contributed by atoms with Crippen molar-refractivity contribution in [1.29, 1.82) is 0 Å². The third-order valence-corrected chi connectivity index (χ3v) is 12.9. The monoisotopic (exact) mass is 823 g/mol. The summed E-state index contributed by atoms with van der Waals surface area (Å²) in [5.74, 6) is 1.39. The fourth-order valence-corrected chi connectivity index (χ4v) is 10.1. The molecule has 0 aliphatic rings. The van der Waals surface area contributed by atoms with Crippen LogP contribution in [0.3, 0.4) is 0 Å². The van der Waals surface area contributed by atoms with Crippen molar-refractivity contribution in [3.05, 3.63) is 185 Å². The van der Waals surface area contributed by atoms with Crippen molar-refractivity contribution in [3.63, 3.8) is 0 Å². The summed E-state index contributed by atoms with van der Waals surface area (Å²) >= 11 is 0. The van der Waals surface area contributed by atoms with E-state index in [0.717, 1.165) is 93.0 Å². The van der Waals surface area contributed by atoms with E-state index in [1.165, 1.54) is 22.3 Å². The average Bonchev–Trinajstić information content (AvgIpc) is 4.04. The lowest BCUT2D eigenvalue weighted by atomic mass is 10.1. The van der Waals surface area contributed by atoms with Crippen LogP contribution < -0.4 is 0 Å². The molecule has 0 bridgehead atoms. The lowest BCUT2D eigenvalue weighted by Gasteiger charge is -2.16. The molecular weight excluding hydrogens is 787 g/mol. The number of benzene rings is 8. The van der Waals surface area contributed by atoms with Crippen molar-refractivity contribution in [3.8, 4) is 29.0 Å². The van der Waals surface area contributed by atoms with Crippen LogP contribution in [-0.4, -0.2) is 28.7 Å². The average molecular weight is 824 g/mol. The second-order valence-electron chi connectivity index (χ2n) is 17.1. The summed E-state index contributed by atoms with van der Waals surface area (Å²) in [5, 5.41) is 8.74. The van der Waals surface area contributed by atoms with Gasteiger partial charge in [-0.15, -0.1) is 0 Å². The maximum Gasteiger partial charge on any atom is 0.240 e. The number of furan rings is 1. The second kappa shape index (κ2) is 13.2. The zero-order valence-electron chi connectivity index (χ0n) is 35.5. The molecule has 0 aliphatic heterocycles. The predicted octanol–water partition coefficient (Wildman–Crippen LogP) is 14.5. The lowest BCUT2D eigenvalue weighted by Crippen LogP contribution is -2.11. The van der Waals surface area contributed by atoms with E-state index >= 15 is 0 Å². The molecule has 8 aromatic carbocycles. The number of nitrogens with zero attached hydrogens (tertiary/aromatic N) is 7. The third kappa shape index (κ3) is 5.12. The zero-order chi connectivity index (χ0) is 43.0. The summed E-state index contributed by atoms with van der Waals surface area (Å²) < 4.78 is 13.4. The smallest absolute Gasteiger partial charge is 0.240 e. The Morgan fingerprint density at radius 3 is 1.50 bits per heavy atom. The largest absolute Gasteiger partial charge is 0.454 e. The van der Waals surface area contributed by atoms with E-state index in [-0.39, 0.29) is 0 Å². The van der Waals surface area contributed by atoms with Gasteiger partial charge in [-0.05, 0) is 107 Å². The topological polar surface area (TPSA) is 71.0 Å². The predicted molar refractivity (Wildman–Crippen MR) is 261 cm³/mol. The third-order valence-electron chi connectivity index (χ3n) is 12.9. The van der Waals surface area contributed by atoms with Gasteiger partial charge in [-0.25, -0.2) is 4.85 Å². The molecule has 13 rings (SSSR count). The highest BCUT2D eigenvalue weighted by Crippen LogP contribution is 2.43. The van der Waals surface area contributed by atoms with Gasteiger partial charge in [0, 0.05) is 48.7 Å². The molecule has 0 amide bonds. The van der Waals surface area contributed by atoms with Crippen LogP contribution in [-0.2, 0) is 0 Å². The molecule has 0 unspecified atom stereocenters. The van der Waals surface area contributed by atoms with E-state index in [4.69, 9.17) is 25.9 Å². The first kappa shape index (κ1) is 36.1. The van der Waals surface area contributed by atoms with E-state index in [0.29, 0.717) is 29.0 Å². The molecule has 64 heavy (non-hydrogen) atoms. The van der Waals surface area contributed by atoms with Gasteiger partial charge in [0.1, 0.15) is 5.58 Å². The Morgan fingerprint density at radius 2 is 0.938 bits per heavy atom. The van der Waals surface area contributed by atoms with E-state index in [1.54, 1.807) is 0 Å².